The van der Waals surface area contributed by atoms with E-state index in [1.807, 2.05) is 17.8 Å². The number of hydrogen-bond acceptors (Lipinski definition) is 5. The molecule has 0 aromatic heterocycles. The highest BCUT2D eigenvalue weighted by atomic mass is 32.2. The first-order valence-electron chi connectivity index (χ1n) is 10.4. The summed E-state index contributed by atoms with van der Waals surface area (Å²) in [5.41, 5.74) is 0. The zero-order chi connectivity index (χ0) is 19.8. The molecule has 2 atom stereocenters. The zero-order valence-corrected chi connectivity index (χ0v) is 17.5. The molecule has 5 nitrogen and oxygen atoms in total. The molecule has 3 rings (SSSR count). The number of nitrogens with one attached hydrogen (secondary N) is 1. The number of nitriles is 1. The van der Waals surface area contributed by atoms with Gasteiger partial charge in [-0.25, -0.2) is 0 Å². The Morgan fingerprint density at radius 2 is 1.93 bits per heavy atom. The van der Waals surface area contributed by atoms with Crippen LogP contribution in [0.25, 0.3) is 0 Å². The van der Waals surface area contributed by atoms with Crippen LogP contribution in [-0.4, -0.2) is 49.3 Å². The molecular formula is C22H31N3O2S. The topological polar surface area (TPSA) is 65.4 Å². The van der Waals surface area contributed by atoms with Crippen LogP contribution in [0.2, 0.25) is 0 Å². The van der Waals surface area contributed by atoms with Crippen LogP contribution in [-0.2, 0) is 4.79 Å². The highest BCUT2D eigenvalue weighted by Crippen LogP contribution is 2.35. The van der Waals surface area contributed by atoms with Crippen LogP contribution in [0.1, 0.15) is 38.5 Å². The van der Waals surface area contributed by atoms with Crippen molar-refractivity contribution < 1.29 is 9.53 Å². The van der Waals surface area contributed by atoms with Gasteiger partial charge in [-0.1, -0.05) is 12.8 Å². The van der Waals surface area contributed by atoms with E-state index >= 15 is 0 Å². The molecule has 1 aromatic rings. The molecule has 1 saturated heterocycles. The summed E-state index contributed by atoms with van der Waals surface area (Å²) in [5.74, 6) is 2.37. The van der Waals surface area contributed by atoms with Crippen molar-refractivity contribution in [2.24, 2.45) is 11.8 Å². The molecule has 2 fully saturated rings. The smallest absolute Gasteiger partial charge is 0.224 e. The molecular weight excluding hydrogens is 370 g/mol. The molecule has 28 heavy (non-hydrogen) atoms. The summed E-state index contributed by atoms with van der Waals surface area (Å²) in [7, 11) is 2.16. The largest absolute Gasteiger partial charge is 0.490 e. The molecule has 1 saturated carbocycles. The molecule has 2 unspecified atom stereocenters. The molecule has 6 heteroatoms. The average molecular weight is 402 g/mol. The Labute approximate surface area is 172 Å². The predicted octanol–water partition coefficient (Wildman–Crippen LogP) is 3.70. The van der Waals surface area contributed by atoms with Crippen LogP contribution in [0.15, 0.2) is 29.2 Å². The second-order valence-corrected chi connectivity index (χ2v) is 9.02. The van der Waals surface area contributed by atoms with E-state index < -0.39 is 0 Å². The highest BCUT2D eigenvalue weighted by Gasteiger charge is 2.30. The third-order valence-electron chi connectivity index (χ3n) is 5.84. The van der Waals surface area contributed by atoms with Crippen LogP contribution in [0, 0.1) is 23.2 Å². The summed E-state index contributed by atoms with van der Waals surface area (Å²) >= 11 is 1.82. The van der Waals surface area contributed by atoms with Gasteiger partial charge in [0, 0.05) is 29.7 Å². The minimum atomic E-state index is 0.0432. The van der Waals surface area contributed by atoms with E-state index in [0.29, 0.717) is 12.0 Å². The first-order chi connectivity index (χ1) is 13.7. The fourth-order valence-corrected chi connectivity index (χ4v) is 5.26. The van der Waals surface area contributed by atoms with Gasteiger partial charge in [0.15, 0.2) is 0 Å². The Kier molecular flexibility index (Phi) is 8.05. The van der Waals surface area contributed by atoms with Gasteiger partial charge in [-0.15, -0.1) is 11.8 Å². The maximum atomic E-state index is 12.3. The van der Waals surface area contributed by atoms with Gasteiger partial charge in [0.1, 0.15) is 18.4 Å². The first kappa shape index (κ1) is 21.0. The monoisotopic (exact) mass is 401 g/mol. The van der Waals surface area contributed by atoms with E-state index in [4.69, 9.17) is 10.00 Å². The molecule has 0 spiro atoms. The second-order valence-electron chi connectivity index (χ2n) is 7.93. The van der Waals surface area contributed by atoms with Crippen molar-refractivity contribution in [3.05, 3.63) is 24.3 Å². The summed E-state index contributed by atoms with van der Waals surface area (Å²) in [6.07, 6.45) is 6.82. The number of benzene rings is 1. The van der Waals surface area contributed by atoms with Crippen molar-refractivity contribution >= 4 is 17.7 Å². The lowest BCUT2D eigenvalue weighted by Gasteiger charge is -2.30. The highest BCUT2D eigenvalue weighted by molar-refractivity contribution is 7.99. The summed E-state index contributed by atoms with van der Waals surface area (Å²) in [6, 6.07) is 10.4. The van der Waals surface area contributed by atoms with Gasteiger partial charge in [-0.05, 0) is 62.9 Å². The molecule has 1 amide bonds. The molecule has 1 aliphatic heterocycles. The number of carbonyl (C=O) groups is 1. The maximum Gasteiger partial charge on any atom is 0.224 e. The molecule has 0 bridgehead atoms. The van der Waals surface area contributed by atoms with E-state index in [-0.39, 0.29) is 18.4 Å². The van der Waals surface area contributed by atoms with E-state index in [2.05, 4.69) is 41.5 Å². The number of piperidine rings is 1. The lowest BCUT2D eigenvalue weighted by Crippen LogP contribution is -2.37. The molecule has 1 N–H and O–H groups in total. The van der Waals surface area contributed by atoms with Gasteiger partial charge in [-0.3, -0.25) is 4.79 Å². The predicted molar refractivity (Wildman–Crippen MR) is 112 cm³/mol. The molecule has 0 radical (unpaired) electrons. The molecule has 1 heterocycles. The zero-order valence-electron chi connectivity index (χ0n) is 16.7. The summed E-state index contributed by atoms with van der Waals surface area (Å²) < 4.78 is 6.12. The van der Waals surface area contributed by atoms with Crippen molar-refractivity contribution in [3.63, 3.8) is 0 Å². The standard InChI is InChI=1S/C22H31N3O2S/c1-25-14-10-19(11-15-25)27-18-6-8-20(9-7-18)28-16-17-4-2-3-5-21(17)22(26)24-13-12-23/h6-9,17,19,21H,2-5,10-11,13-16H2,1H3,(H,24,26). The number of amides is 1. The number of ether oxygens (including phenoxy) is 1. The summed E-state index contributed by atoms with van der Waals surface area (Å²) in [5, 5.41) is 11.4. The number of carbonyl (C=O) groups excluding carboxylic acids is 1. The van der Waals surface area contributed by atoms with Crippen LogP contribution in [0.4, 0.5) is 0 Å². The number of nitrogens with zero attached hydrogens (tertiary/aromatic N) is 2. The first-order valence-corrected chi connectivity index (χ1v) is 11.4. The Hall–Kier alpha value is -1.71. The molecule has 1 aromatic carbocycles. The van der Waals surface area contributed by atoms with Crippen molar-refractivity contribution in [1.82, 2.24) is 10.2 Å². The Bertz CT molecular complexity index is 665. The molecule has 1 aliphatic carbocycles. The Balaban J connectivity index is 1.48. The number of likely N-dealkylation sites (tertiary alicyclic amines) is 1. The minimum absolute atomic E-state index is 0.0432. The third kappa shape index (κ3) is 6.15. The van der Waals surface area contributed by atoms with Crippen molar-refractivity contribution in [3.8, 4) is 11.8 Å². The fourth-order valence-electron chi connectivity index (χ4n) is 4.12. The van der Waals surface area contributed by atoms with E-state index in [0.717, 1.165) is 56.7 Å². The van der Waals surface area contributed by atoms with Gasteiger partial charge < -0.3 is 15.0 Å². The lowest BCUT2D eigenvalue weighted by molar-refractivity contribution is -0.127. The van der Waals surface area contributed by atoms with Gasteiger partial charge in [0.2, 0.25) is 5.91 Å². The van der Waals surface area contributed by atoms with Gasteiger partial charge >= 0.3 is 0 Å². The van der Waals surface area contributed by atoms with Crippen LogP contribution in [0.3, 0.4) is 0 Å². The normalized spacial score (nSPS) is 23.7. The fraction of sp³-hybridized carbons (Fsp3) is 0.636. The number of hydrogen-bond donors (Lipinski definition) is 1. The van der Waals surface area contributed by atoms with Crippen LogP contribution < -0.4 is 10.1 Å². The lowest BCUT2D eigenvalue weighted by atomic mass is 9.80. The quantitative estimate of drug-likeness (QED) is 0.557. The second kappa shape index (κ2) is 10.7. The average Bonchev–Trinajstić information content (AvgIpc) is 2.73. The van der Waals surface area contributed by atoms with Crippen LogP contribution in [0.5, 0.6) is 5.75 Å². The van der Waals surface area contributed by atoms with Crippen molar-refractivity contribution in [2.75, 3.05) is 32.4 Å². The summed E-state index contributed by atoms with van der Waals surface area (Å²) in [6.45, 7) is 2.31. The number of rotatable bonds is 7. The minimum Gasteiger partial charge on any atom is -0.490 e. The van der Waals surface area contributed by atoms with Crippen molar-refractivity contribution in [1.29, 1.82) is 5.26 Å². The molecule has 2 aliphatic rings. The number of thioether (sulfide) groups is 1. The van der Waals surface area contributed by atoms with Gasteiger partial charge in [0.25, 0.3) is 0 Å². The third-order valence-corrected chi connectivity index (χ3v) is 7.04. The van der Waals surface area contributed by atoms with Gasteiger partial charge in [0.05, 0.1) is 6.07 Å². The SMILES string of the molecule is CN1CCC(Oc2ccc(SCC3CCCCC3C(=O)NCC#N)cc2)CC1. The van der Waals surface area contributed by atoms with Crippen LogP contribution >= 0.6 is 11.8 Å². The molecule has 152 valence electrons. The Morgan fingerprint density at radius 1 is 1.21 bits per heavy atom. The van der Waals surface area contributed by atoms with Crippen molar-refractivity contribution in [2.45, 2.75) is 49.5 Å². The van der Waals surface area contributed by atoms with Gasteiger partial charge in [-0.2, -0.15) is 5.26 Å². The summed E-state index contributed by atoms with van der Waals surface area (Å²) in [4.78, 5) is 15.9. The van der Waals surface area contributed by atoms with E-state index in [1.54, 1.807) is 0 Å². The Morgan fingerprint density at radius 3 is 2.64 bits per heavy atom. The van der Waals surface area contributed by atoms with E-state index in [1.165, 1.54) is 11.3 Å². The maximum absolute atomic E-state index is 12.3. The van der Waals surface area contributed by atoms with E-state index in [9.17, 15) is 4.79 Å².